The predicted molar refractivity (Wildman–Crippen MR) is 102 cm³/mol. The molecule has 3 atom stereocenters. The van der Waals surface area contributed by atoms with Crippen molar-refractivity contribution in [3.8, 4) is 0 Å². The maximum absolute atomic E-state index is 13.2. The molecule has 178 valence electrons. The number of carbonyl (C=O) groups excluding carboxylic acids is 3. The first-order chi connectivity index (χ1) is 15.4. The third kappa shape index (κ3) is 4.54. The number of nitrogens with zero attached hydrogens (tertiary/aromatic N) is 2. The van der Waals surface area contributed by atoms with Crippen LogP contribution in [-0.2, 0) is 20.9 Å². The van der Waals surface area contributed by atoms with Crippen LogP contribution in [0.25, 0.3) is 0 Å². The van der Waals surface area contributed by atoms with Crippen molar-refractivity contribution in [2.45, 2.75) is 43.6 Å². The third-order valence-electron chi connectivity index (χ3n) is 5.90. The van der Waals surface area contributed by atoms with Gasteiger partial charge < -0.3 is 20.7 Å². The fourth-order valence-corrected chi connectivity index (χ4v) is 3.97. The summed E-state index contributed by atoms with van der Waals surface area (Å²) in [6, 6.07) is 2.82. The summed E-state index contributed by atoms with van der Waals surface area (Å²) in [5.74, 6) is -8.72. The van der Waals surface area contributed by atoms with Gasteiger partial charge in [-0.25, -0.2) is 8.78 Å². The van der Waals surface area contributed by atoms with Crippen LogP contribution in [0.3, 0.4) is 0 Å². The summed E-state index contributed by atoms with van der Waals surface area (Å²) in [7, 11) is 0. The number of alkyl halides is 5. The minimum Gasteiger partial charge on any atom is -0.383 e. The van der Waals surface area contributed by atoms with E-state index in [2.05, 4.69) is 10.3 Å². The van der Waals surface area contributed by atoms with Crippen LogP contribution in [0, 0.1) is 5.92 Å². The SMILES string of the molecule is NC(=NC(=O)C(F)(F)F)c1ccc2c(c1)C(=O)N(C1COCCC1NC(=O)C1CC1(F)F)C2. The minimum atomic E-state index is -5.18. The van der Waals surface area contributed by atoms with Gasteiger partial charge >= 0.3 is 12.1 Å². The molecule has 4 rings (SSSR count). The van der Waals surface area contributed by atoms with E-state index in [0.29, 0.717) is 12.0 Å². The molecule has 0 aromatic heterocycles. The van der Waals surface area contributed by atoms with Crippen LogP contribution in [-0.4, -0.2) is 65.9 Å². The average Bonchev–Trinajstić information content (AvgIpc) is 3.27. The zero-order valence-electron chi connectivity index (χ0n) is 17.0. The Hall–Kier alpha value is -3.09. The summed E-state index contributed by atoms with van der Waals surface area (Å²) in [6.45, 7) is 0.469. The second-order valence-corrected chi connectivity index (χ2v) is 8.17. The zero-order chi connectivity index (χ0) is 24.1. The molecule has 2 aliphatic heterocycles. The Balaban J connectivity index is 1.51. The van der Waals surface area contributed by atoms with Gasteiger partial charge in [0.15, 0.2) is 0 Å². The van der Waals surface area contributed by atoms with Crippen LogP contribution in [0.15, 0.2) is 23.2 Å². The van der Waals surface area contributed by atoms with Crippen LogP contribution < -0.4 is 11.1 Å². The summed E-state index contributed by atoms with van der Waals surface area (Å²) < 4.78 is 69.2. The predicted octanol–water partition coefficient (Wildman–Crippen LogP) is 1.37. The number of nitrogens with one attached hydrogen (secondary N) is 1. The molecular weight excluding hydrogens is 455 g/mol. The first-order valence-electron chi connectivity index (χ1n) is 10.0. The van der Waals surface area contributed by atoms with E-state index >= 15 is 0 Å². The number of halogens is 5. The van der Waals surface area contributed by atoms with Gasteiger partial charge in [0.1, 0.15) is 11.8 Å². The third-order valence-corrected chi connectivity index (χ3v) is 5.90. The lowest BCUT2D eigenvalue weighted by atomic mass is 10.0. The molecule has 1 saturated heterocycles. The van der Waals surface area contributed by atoms with Crippen molar-refractivity contribution < 1.29 is 41.1 Å². The van der Waals surface area contributed by atoms with Gasteiger partial charge in [0.2, 0.25) is 5.91 Å². The number of amides is 3. The molecule has 0 bridgehead atoms. The fraction of sp³-hybridized carbons (Fsp3) is 0.500. The van der Waals surface area contributed by atoms with E-state index in [1.54, 1.807) is 0 Å². The molecule has 3 amide bonds. The number of nitrogens with two attached hydrogens (primary N) is 1. The van der Waals surface area contributed by atoms with E-state index in [4.69, 9.17) is 10.5 Å². The van der Waals surface area contributed by atoms with Crippen molar-refractivity contribution in [3.63, 3.8) is 0 Å². The lowest BCUT2D eigenvalue weighted by Crippen LogP contribution is -2.57. The lowest BCUT2D eigenvalue weighted by Gasteiger charge is -2.38. The van der Waals surface area contributed by atoms with Crippen LogP contribution in [0.2, 0.25) is 0 Å². The summed E-state index contributed by atoms with van der Waals surface area (Å²) in [6.07, 6.45) is -5.37. The van der Waals surface area contributed by atoms with E-state index in [0.717, 1.165) is 0 Å². The summed E-state index contributed by atoms with van der Waals surface area (Å²) in [5, 5.41) is 2.60. The highest BCUT2D eigenvalue weighted by Crippen LogP contribution is 2.48. The molecule has 0 radical (unpaired) electrons. The van der Waals surface area contributed by atoms with E-state index in [9.17, 15) is 36.3 Å². The molecule has 2 heterocycles. The maximum Gasteiger partial charge on any atom is 0.473 e. The molecule has 13 heteroatoms. The number of ether oxygens (including phenoxy) is 1. The van der Waals surface area contributed by atoms with Gasteiger partial charge in [-0.05, 0) is 18.1 Å². The number of fused-ring (bicyclic) bond motifs is 1. The van der Waals surface area contributed by atoms with Gasteiger partial charge in [0.25, 0.3) is 11.8 Å². The Morgan fingerprint density at radius 1 is 1.27 bits per heavy atom. The standard InChI is InChI=1S/C20H19F5N4O4/c21-19(22)6-12(19)16(30)27-13-3-4-33-8-14(13)29-7-10-2-1-9(5-11(10)17(29)31)15(26)28-18(32)20(23,24)25/h1-2,5,12-14H,3-4,6-8H2,(H,27,30)(H2,26,28,32). The number of benzene rings is 1. The summed E-state index contributed by atoms with van der Waals surface area (Å²) in [5.41, 5.74) is 6.17. The van der Waals surface area contributed by atoms with Gasteiger partial charge in [0.05, 0.1) is 18.7 Å². The number of hydrogen-bond donors (Lipinski definition) is 2. The topological polar surface area (TPSA) is 114 Å². The number of amidine groups is 1. The van der Waals surface area contributed by atoms with Crippen molar-refractivity contribution >= 4 is 23.6 Å². The highest BCUT2D eigenvalue weighted by atomic mass is 19.4. The number of rotatable bonds is 4. The van der Waals surface area contributed by atoms with Crippen molar-refractivity contribution in [1.29, 1.82) is 0 Å². The molecule has 8 nitrogen and oxygen atoms in total. The number of aliphatic imine (C=N–C) groups is 1. The van der Waals surface area contributed by atoms with E-state index < -0.39 is 60.1 Å². The maximum atomic E-state index is 13.2. The van der Waals surface area contributed by atoms with Gasteiger partial charge in [-0.1, -0.05) is 12.1 Å². The molecule has 1 aromatic rings. The van der Waals surface area contributed by atoms with Crippen LogP contribution in [0.4, 0.5) is 22.0 Å². The Morgan fingerprint density at radius 2 is 1.97 bits per heavy atom. The Bertz CT molecular complexity index is 1040. The van der Waals surface area contributed by atoms with Gasteiger partial charge in [-0.15, -0.1) is 0 Å². The Kier molecular flexibility index (Phi) is 5.63. The van der Waals surface area contributed by atoms with Crippen LogP contribution >= 0.6 is 0 Å². The smallest absolute Gasteiger partial charge is 0.383 e. The molecule has 33 heavy (non-hydrogen) atoms. The fourth-order valence-electron chi connectivity index (χ4n) is 3.97. The van der Waals surface area contributed by atoms with Crippen molar-refractivity contribution in [2.24, 2.45) is 16.6 Å². The monoisotopic (exact) mass is 474 g/mol. The quantitative estimate of drug-likeness (QED) is 0.389. The summed E-state index contributed by atoms with van der Waals surface area (Å²) in [4.78, 5) is 40.5. The van der Waals surface area contributed by atoms with E-state index in [1.165, 1.54) is 23.1 Å². The van der Waals surface area contributed by atoms with Crippen molar-refractivity contribution in [2.75, 3.05) is 13.2 Å². The molecule has 3 unspecified atom stereocenters. The van der Waals surface area contributed by atoms with Gasteiger partial charge in [0, 0.05) is 30.7 Å². The number of hydrogen-bond acceptors (Lipinski definition) is 4. The molecule has 0 spiro atoms. The molecule has 1 aromatic carbocycles. The molecule has 3 N–H and O–H groups in total. The second kappa shape index (κ2) is 8.04. The Labute approximate surface area is 183 Å². The van der Waals surface area contributed by atoms with Crippen molar-refractivity contribution in [1.82, 2.24) is 10.2 Å². The Morgan fingerprint density at radius 3 is 2.61 bits per heavy atom. The molecule has 3 aliphatic rings. The molecular formula is C20H19F5N4O4. The molecule has 2 fully saturated rings. The molecule has 1 aliphatic carbocycles. The first kappa shape index (κ1) is 23.1. The zero-order valence-corrected chi connectivity index (χ0v) is 17.0. The largest absolute Gasteiger partial charge is 0.473 e. The number of carbonyl (C=O) groups is 3. The average molecular weight is 474 g/mol. The summed E-state index contributed by atoms with van der Waals surface area (Å²) >= 11 is 0. The van der Waals surface area contributed by atoms with E-state index in [-0.39, 0.29) is 30.9 Å². The van der Waals surface area contributed by atoms with Crippen LogP contribution in [0.5, 0.6) is 0 Å². The molecule has 1 saturated carbocycles. The highest BCUT2D eigenvalue weighted by Gasteiger charge is 2.61. The van der Waals surface area contributed by atoms with E-state index in [1.807, 2.05) is 0 Å². The highest BCUT2D eigenvalue weighted by molar-refractivity contribution is 6.07. The second-order valence-electron chi connectivity index (χ2n) is 8.17. The normalized spacial score (nSPS) is 26.7. The minimum absolute atomic E-state index is 0.0396. The van der Waals surface area contributed by atoms with Gasteiger partial charge in [-0.2, -0.15) is 18.2 Å². The van der Waals surface area contributed by atoms with Gasteiger partial charge in [-0.3, -0.25) is 14.4 Å². The van der Waals surface area contributed by atoms with Crippen molar-refractivity contribution in [3.05, 3.63) is 34.9 Å². The lowest BCUT2D eigenvalue weighted by molar-refractivity contribution is -0.169. The van der Waals surface area contributed by atoms with Crippen LogP contribution in [0.1, 0.15) is 34.3 Å². The first-order valence-corrected chi connectivity index (χ1v) is 10.0.